The van der Waals surface area contributed by atoms with Crippen molar-refractivity contribution in [1.29, 1.82) is 0 Å². The molecule has 30 heavy (non-hydrogen) atoms. The summed E-state index contributed by atoms with van der Waals surface area (Å²) in [6.45, 7) is 5.02. The quantitative estimate of drug-likeness (QED) is 0.106. The van der Waals surface area contributed by atoms with Crippen molar-refractivity contribution in [2.45, 2.75) is 123 Å². The van der Waals surface area contributed by atoms with Crippen LogP contribution >= 0.6 is 7.82 Å². The first-order valence-electron chi connectivity index (χ1n) is 12.6. The van der Waals surface area contributed by atoms with Crippen molar-refractivity contribution < 1.29 is 23.0 Å². The highest BCUT2D eigenvalue weighted by molar-refractivity contribution is 7.47. The van der Waals surface area contributed by atoms with Crippen molar-refractivity contribution >= 4 is 7.82 Å². The Hall–Kier alpha value is 0.0700. The van der Waals surface area contributed by atoms with Crippen LogP contribution in [-0.2, 0) is 13.6 Å². The molecule has 1 N–H and O–H groups in total. The van der Waals surface area contributed by atoms with E-state index in [1.54, 1.807) is 0 Å². The molecule has 0 heterocycles. The minimum atomic E-state index is -3.93. The van der Waals surface area contributed by atoms with Crippen molar-refractivity contribution in [2.24, 2.45) is 0 Å². The fraction of sp³-hybridized carbons (Fsp3) is 1.00. The van der Waals surface area contributed by atoms with Gasteiger partial charge in [0.2, 0.25) is 0 Å². The molecule has 0 saturated carbocycles. The number of phosphoric ester groups is 1. The highest BCUT2D eigenvalue weighted by Gasteiger charge is 2.25. The van der Waals surface area contributed by atoms with Crippen LogP contribution in [0.4, 0.5) is 0 Å². The third-order valence-corrected chi connectivity index (χ3v) is 6.68. The van der Waals surface area contributed by atoms with Crippen LogP contribution in [0.15, 0.2) is 0 Å². The average Bonchev–Trinajstić information content (AvgIpc) is 2.63. The Balaban J connectivity index is 3.44. The molecule has 0 radical (unpaired) electrons. The normalized spacial score (nSPS) is 15.3. The first-order valence-corrected chi connectivity index (χ1v) is 14.1. The van der Waals surface area contributed by atoms with Crippen LogP contribution in [0.1, 0.15) is 117 Å². The Labute approximate surface area is 188 Å². The summed E-state index contributed by atoms with van der Waals surface area (Å²) in [4.78, 5) is 9.81. The molecule has 2 unspecified atom stereocenters. The number of quaternary nitrogens is 1. The van der Waals surface area contributed by atoms with Gasteiger partial charge in [0, 0.05) is 0 Å². The van der Waals surface area contributed by atoms with Gasteiger partial charge in [0.05, 0.1) is 27.2 Å². The SMILES string of the molecule is CCCCCCCCCCCCCCCCCC(C)OP(=O)(O)OCC[N+](C)(C)C. The van der Waals surface area contributed by atoms with Crippen molar-refractivity contribution in [3.63, 3.8) is 0 Å². The first kappa shape index (κ1) is 30.1. The molecule has 0 rings (SSSR count). The number of rotatable bonds is 22. The van der Waals surface area contributed by atoms with Gasteiger partial charge in [-0.15, -0.1) is 0 Å². The van der Waals surface area contributed by atoms with E-state index in [1.165, 1.54) is 89.9 Å². The van der Waals surface area contributed by atoms with Gasteiger partial charge in [0.1, 0.15) is 13.2 Å². The van der Waals surface area contributed by atoms with Crippen LogP contribution in [0.3, 0.4) is 0 Å². The molecule has 0 saturated heterocycles. The maximum absolute atomic E-state index is 12.0. The van der Waals surface area contributed by atoms with E-state index in [1.807, 2.05) is 28.1 Å². The fourth-order valence-corrected chi connectivity index (χ4v) is 4.48. The van der Waals surface area contributed by atoms with E-state index in [4.69, 9.17) is 9.05 Å². The lowest BCUT2D eigenvalue weighted by atomic mass is 10.0. The molecular formula is C24H53NO4P+. The Morgan fingerprint density at radius 2 is 1.17 bits per heavy atom. The molecule has 5 nitrogen and oxygen atoms in total. The largest absolute Gasteiger partial charge is 0.472 e. The molecule has 0 aliphatic carbocycles. The van der Waals surface area contributed by atoms with Crippen LogP contribution in [0, 0.1) is 0 Å². The maximum Gasteiger partial charge on any atom is 0.472 e. The topological polar surface area (TPSA) is 55.8 Å². The summed E-state index contributed by atoms with van der Waals surface area (Å²) in [6.07, 6.45) is 20.7. The summed E-state index contributed by atoms with van der Waals surface area (Å²) in [5.41, 5.74) is 0. The second-order valence-electron chi connectivity index (χ2n) is 9.97. The van der Waals surface area contributed by atoms with Gasteiger partial charge in [-0.2, -0.15) is 0 Å². The molecule has 0 aromatic carbocycles. The van der Waals surface area contributed by atoms with Crippen LogP contribution in [0.2, 0.25) is 0 Å². The van der Waals surface area contributed by atoms with Crippen molar-refractivity contribution in [3.8, 4) is 0 Å². The third-order valence-electron chi connectivity index (χ3n) is 5.54. The lowest BCUT2D eigenvalue weighted by Crippen LogP contribution is -2.37. The minimum Gasteiger partial charge on any atom is -0.329 e. The van der Waals surface area contributed by atoms with Crippen molar-refractivity contribution in [3.05, 3.63) is 0 Å². The zero-order valence-electron chi connectivity index (χ0n) is 20.9. The van der Waals surface area contributed by atoms with E-state index in [9.17, 15) is 9.46 Å². The fourth-order valence-electron chi connectivity index (χ4n) is 3.54. The molecule has 0 aromatic heterocycles. The lowest BCUT2D eigenvalue weighted by Gasteiger charge is -2.24. The van der Waals surface area contributed by atoms with Gasteiger partial charge in [-0.05, 0) is 13.3 Å². The van der Waals surface area contributed by atoms with Gasteiger partial charge in [0.15, 0.2) is 0 Å². The Morgan fingerprint density at radius 1 is 0.767 bits per heavy atom. The average molecular weight is 451 g/mol. The van der Waals surface area contributed by atoms with Gasteiger partial charge in [-0.3, -0.25) is 9.05 Å². The number of unbranched alkanes of at least 4 members (excludes halogenated alkanes) is 14. The van der Waals surface area contributed by atoms with Crippen molar-refractivity contribution in [2.75, 3.05) is 34.3 Å². The lowest BCUT2D eigenvalue weighted by molar-refractivity contribution is -0.870. The molecule has 0 fully saturated rings. The zero-order valence-corrected chi connectivity index (χ0v) is 21.8. The number of hydrogen-bond donors (Lipinski definition) is 1. The maximum atomic E-state index is 12.0. The van der Waals surface area contributed by atoms with E-state index >= 15 is 0 Å². The highest BCUT2D eigenvalue weighted by Crippen LogP contribution is 2.45. The summed E-state index contributed by atoms with van der Waals surface area (Å²) in [5.74, 6) is 0. The Morgan fingerprint density at radius 3 is 1.57 bits per heavy atom. The molecule has 6 heteroatoms. The minimum absolute atomic E-state index is 0.225. The third kappa shape index (κ3) is 22.7. The first-order chi connectivity index (χ1) is 14.2. The molecule has 0 aromatic rings. The van der Waals surface area contributed by atoms with Crippen LogP contribution < -0.4 is 0 Å². The zero-order chi connectivity index (χ0) is 22.7. The van der Waals surface area contributed by atoms with Crippen molar-refractivity contribution in [1.82, 2.24) is 0 Å². The predicted octanol–water partition coefficient (Wildman–Crippen LogP) is 7.48. The predicted molar refractivity (Wildman–Crippen MR) is 129 cm³/mol. The molecule has 0 spiro atoms. The Kier molecular flexibility index (Phi) is 18.7. The Bertz CT molecular complexity index is 426. The molecule has 182 valence electrons. The van der Waals surface area contributed by atoms with E-state index in [2.05, 4.69) is 6.92 Å². The van der Waals surface area contributed by atoms with E-state index < -0.39 is 7.82 Å². The molecule has 2 atom stereocenters. The van der Waals surface area contributed by atoms with Crippen LogP contribution in [-0.4, -0.2) is 49.8 Å². The molecule has 0 amide bonds. The summed E-state index contributed by atoms with van der Waals surface area (Å²) < 4.78 is 23.0. The highest BCUT2D eigenvalue weighted by atomic mass is 31.2. The summed E-state index contributed by atoms with van der Waals surface area (Å²) in [7, 11) is 2.12. The van der Waals surface area contributed by atoms with Crippen LogP contribution in [0.5, 0.6) is 0 Å². The van der Waals surface area contributed by atoms with Crippen LogP contribution in [0.25, 0.3) is 0 Å². The molecule has 0 bridgehead atoms. The van der Waals surface area contributed by atoms with Gasteiger partial charge in [-0.1, -0.05) is 103 Å². The summed E-state index contributed by atoms with van der Waals surface area (Å²) >= 11 is 0. The standard InChI is InChI=1S/C24H52NO4P/c1-6-7-8-9-10-11-12-13-14-15-16-17-18-19-20-21-24(2)29-30(26,27)28-23-22-25(3,4)5/h24H,6-23H2,1-5H3/p+1. The number of hydrogen-bond acceptors (Lipinski definition) is 3. The second kappa shape index (κ2) is 18.6. The number of phosphoric acid groups is 1. The smallest absolute Gasteiger partial charge is 0.329 e. The molecular weight excluding hydrogens is 397 g/mol. The van der Waals surface area contributed by atoms with Gasteiger partial charge >= 0.3 is 7.82 Å². The van der Waals surface area contributed by atoms with Gasteiger partial charge in [-0.25, -0.2) is 4.57 Å². The summed E-state index contributed by atoms with van der Waals surface area (Å²) in [6, 6.07) is 0. The van der Waals surface area contributed by atoms with E-state index in [0.29, 0.717) is 11.0 Å². The van der Waals surface area contributed by atoms with Gasteiger partial charge < -0.3 is 9.38 Å². The van der Waals surface area contributed by atoms with Gasteiger partial charge in [0.25, 0.3) is 0 Å². The second-order valence-corrected chi connectivity index (χ2v) is 11.4. The number of nitrogens with zero attached hydrogens (tertiary/aromatic N) is 1. The molecule has 0 aliphatic heterocycles. The summed E-state index contributed by atoms with van der Waals surface area (Å²) in [5, 5.41) is 0. The van der Waals surface area contributed by atoms with E-state index in [-0.39, 0.29) is 12.7 Å². The molecule has 0 aliphatic rings. The van der Waals surface area contributed by atoms with E-state index in [0.717, 1.165) is 12.8 Å². The monoisotopic (exact) mass is 450 g/mol. The number of likely N-dealkylation sites (N-methyl/N-ethyl adjacent to an activating group) is 1.